The van der Waals surface area contributed by atoms with E-state index in [2.05, 4.69) is 9.97 Å². The Labute approximate surface area is 120 Å². The van der Waals surface area contributed by atoms with Crippen molar-refractivity contribution in [1.82, 2.24) is 9.97 Å². The summed E-state index contributed by atoms with van der Waals surface area (Å²) in [4.78, 5) is 32.0. The SMILES string of the molecule is NC(=O)c1ccc(N2CCOc3cc(C=O)cnc32)cn1. The maximum Gasteiger partial charge on any atom is 0.267 e. The second-order valence-corrected chi connectivity index (χ2v) is 4.47. The second-order valence-electron chi connectivity index (χ2n) is 4.47. The summed E-state index contributed by atoms with van der Waals surface area (Å²) in [5.74, 6) is 0.586. The van der Waals surface area contributed by atoms with Crippen molar-refractivity contribution in [2.75, 3.05) is 18.1 Å². The molecule has 0 fully saturated rings. The minimum absolute atomic E-state index is 0.205. The van der Waals surface area contributed by atoms with Gasteiger partial charge in [0.25, 0.3) is 5.91 Å². The van der Waals surface area contributed by atoms with E-state index in [0.717, 1.165) is 12.0 Å². The molecule has 0 saturated carbocycles. The van der Waals surface area contributed by atoms with Gasteiger partial charge in [-0.1, -0.05) is 0 Å². The van der Waals surface area contributed by atoms with Crippen LogP contribution >= 0.6 is 0 Å². The van der Waals surface area contributed by atoms with Crippen LogP contribution < -0.4 is 15.4 Å². The highest BCUT2D eigenvalue weighted by atomic mass is 16.5. The topological polar surface area (TPSA) is 98.4 Å². The number of pyridine rings is 2. The van der Waals surface area contributed by atoms with Gasteiger partial charge < -0.3 is 15.4 Å². The lowest BCUT2D eigenvalue weighted by Crippen LogP contribution is -2.29. The van der Waals surface area contributed by atoms with Crippen molar-refractivity contribution in [2.45, 2.75) is 0 Å². The van der Waals surface area contributed by atoms with Crippen molar-refractivity contribution in [2.24, 2.45) is 5.73 Å². The zero-order chi connectivity index (χ0) is 14.8. The smallest absolute Gasteiger partial charge is 0.267 e. The van der Waals surface area contributed by atoms with Crippen molar-refractivity contribution in [1.29, 1.82) is 0 Å². The number of amides is 1. The fraction of sp³-hybridized carbons (Fsp3) is 0.143. The Balaban J connectivity index is 1.97. The first kappa shape index (κ1) is 13.0. The van der Waals surface area contributed by atoms with Gasteiger partial charge in [-0.05, 0) is 18.2 Å². The van der Waals surface area contributed by atoms with Crippen molar-refractivity contribution in [3.8, 4) is 5.75 Å². The van der Waals surface area contributed by atoms with Gasteiger partial charge in [-0.2, -0.15) is 0 Å². The molecule has 106 valence electrons. The third kappa shape index (κ3) is 2.40. The zero-order valence-corrected chi connectivity index (χ0v) is 11.0. The van der Waals surface area contributed by atoms with Gasteiger partial charge in [0, 0.05) is 11.8 Å². The molecule has 0 spiro atoms. The molecular weight excluding hydrogens is 272 g/mol. The highest BCUT2D eigenvalue weighted by Gasteiger charge is 2.21. The van der Waals surface area contributed by atoms with E-state index in [0.29, 0.717) is 30.3 Å². The number of fused-ring (bicyclic) bond motifs is 1. The number of hydrogen-bond acceptors (Lipinski definition) is 6. The van der Waals surface area contributed by atoms with Gasteiger partial charge in [-0.25, -0.2) is 9.97 Å². The fourth-order valence-corrected chi connectivity index (χ4v) is 2.12. The summed E-state index contributed by atoms with van der Waals surface area (Å²) in [6.07, 6.45) is 3.77. The van der Waals surface area contributed by atoms with Gasteiger partial charge in [-0.15, -0.1) is 0 Å². The molecule has 1 aliphatic rings. The van der Waals surface area contributed by atoms with Crippen LogP contribution in [-0.2, 0) is 0 Å². The number of hydrogen-bond donors (Lipinski definition) is 1. The first-order valence-electron chi connectivity index (χ1n) is 6.30. The third-order valence-electron chi connectivity index (χ3n) is 3.13. The number of anilines is 2. The summed E-state index contributed by atoms with van der Waals surface area (Å²) >= 11 is 0. The summed E-state index contributed by atoms with van der Waals surface area (Å²) < 4.78 is 5.52. The van der Waals surface area contributed by atoms with E-state index in [9.17, 15) is 9.59 Å². The number of primary amides is 1. The number of carbonyl (C=O) groups is 2. The first-order chi connectivity index (χ1) is 10.2. The van der Waals surface area contributed by atoms with E-state index in [1.807, 2.05) is 4.90 Å². The fourth-order valence-electron chi connectivity index (χ4n) is 2.12. The molecule has 0 aromatic carbocycles. The Bertz CT molecular complexity index is 700. The van der Waals surface area contributed by atoms with Crippen LogP contribution in [-0.4, -0.2) is 35.3 Å². The number of rotatable bonds is 3. The van der Waals surface area contributed by atoms with Gasteiger partial charge in [0.1, 0.15) is 12.3 Å². The molecule has 2 aromatic rings. The molecule has 0 unspecified atom stereocenters. The van der Waals surface area contributed by atoms with Crippen molar-refractivity contribution in [3.63, 3.8) is 0 Å². The van der Waals surface area contributed by atoms with Crippen LogP contribution in [0.2, 0.25) is 0 Å². The largest absolute Gasteiger partial charge is 0.488 e. The lowest BCUT2D eigenvalue weighted by molar-refractivity contribution is 0.0995. The minimum atomic E-state index is -0.572. The van der Waals surface area contributed by atoms with Gasteiger partial charge >= 0.3 is 0 Å². The normalized spacial score (nSPS) is 13.2. The molecule has 3 heterocycles. The molecule has 0 bridgehead atoms. The molecule has 21 heavy (non-hydrogen) atoms. The van der Waals surface area contributed by atoms with Crippen LogP contribution in [0, 0.1) is 0 Å². The number of aromatic nitrogens is 2. The van der Waals surface area contributed by atoms with E-state index in [1.165, 1.54) is 6.20 Å². The number of aldehydes is 1. The van der Waals surface area contributed by atoms with Crippen molar-refractivity contribution < 1.29 is 14.3 Å². The van der Waals surface area contributed by atoms with Crippen LogP contribution in [0.25, 0.3) is 0 Å². The van der Waals surface area contributed by atoms with Crippen LogP contribution in [0.5, 0.6) is 5.75 Å². The molecule has 7 nitrogen and oxygen atoms in total. The molecule has 0 atom stereocenters. The van der Waals surface area contributed by atoms with Gasteiger partial charge in [0.2, 0.25) is 0 Å². The predicted molar refractivity (Wildman–Crippen MR) is 74.9 cm³/mol. The van der Waals surface area contributed by atoms with Crippen molar-refractivity contribution in [3.05, 3.63) is 41.9 Å². The minimum Gasteiger partial charge on any atom is -0.488 e. The number of nitrogens with two attached hydrogens (primary N) is 1. The molecule has 2 aromatic heterocycles. The Morgan fingerprint density at radius 3 is 2.86 bits per heavy atom. The quantitative estimate of drug-likeness (QED) is 0.841. The molecular formula is C14H12N4O3. The van der Waals surface area contributed by atoms with E-state index < -0.39 is 5.91 Å². The third-order valence-corrected chi connectivity index (χ3v) is 3.13. The van der Waals surface area contributed by atoms with E-state index in [-0.39, 0.29) is 5.69 Å². The Kier molecular flexibility index (Phi) is 3.23. The van der Waals surface area contributed by atoms with Crippen LogP contribution in [0.4, 0.5) is 11.5 Å². The molecule has 1 amide bonds. The molecule has 0 saturated heterocycles. The van der Waals surface area contributed by atoms with Gasteiger partial charge in [0.15, 0.2) is 17.9 Å². The Hall–Kier alpha value is -2.96. The molecule has 2 N–H and O–H groups in total. The highest BCUT2D eigenvalue weighted by Crippen LogP contribution is 2.34. The molecule has 7 heteroatoms. The monoisotopic (exact) mass is 284 g/mol. The van der Waals surface area contributed by atoms with Crippen molar-refractivity contribution >= 4 is 23.7 Å². The standard InChI is InChI=1S/C14H12N4O3/c15-13(20)11-2-1-10(7-16-11)18-3-4-21-12-5-9(8-19)6-17-14(12)18/h1-2,5-8H,3-4H2,(H2,15,20). The second kappa shape index (κ2) is 5.20. The van der Waals surface area contributed by atoms with E-state index >= 15 is 0 Å². The summed E-state index contributed by atoms with van der Waals surface area (Å²) in [5, 5.41) is 0. The molecule has 1 aliphatic heterocycles. The molecule has 0 radical (unpaired) electrons. The van der Waals surface area contributed by atoms with E-state index in [1.54, 1.807) is 24.4 Å². The maximum atomic E-state index is 11.0. The summed E-state index contributed by atoms with van der Waals surface area (Å²) in [7, 11) is 0. The number of nitrogens with zero attached hydrogens (tertiary/aromatic N) is 3. The van der Waals surface area contributed by atoms with Gasteiger partial charge in [-0.3, -0.25) is 9.59 Å². The first-order valence-corrected chi connectivity index (χ1v) is 6.30. The molecule has 3 rings (SSSR count). The molecule has 0 aliphatic carbocycles. The highest BCUT2D eigenvalue weighted by molar-refractivity contribution is 5.91. The summed E-state index contributed by atoms with van der Waals surface area (Å²) in [6.45, 7) is 1.06. The van der Waals surface area contributed by atoms with Gasteiger partial charge in [0.05, 0.1) is 18.4 Å². The zero-order valence-electron chi connectivity index (χ0n) is 11.0. The summed E-state index contributed by atoms with van der Waals surface area (Å²) in [5.41, 5.74) is 6.61. The van der Waals surface area contributed by atoms with Crippen LogP contribution in [0.1, 0.15) is 20.8 Å². The Morgan fingerprint density at radius 2 is 2.19 bits per heavy atom. The lowest BCUT2D eigenvalue weighted by atomic mass is 10.2. The summed E-state index contributed by atoms with van der Waals surface area (Å²) in [6, 6.07) is 4.96. The number of ether oxygens (including phenoxy) is 1. The number of carbonyl (C=O) groups excluding carboxylic acids is 2. The van der Waals surface area contributed by atoms with Crippen LogP contribution in [0.15, 0.2) is 30.6 Å². The average molecular weight is 284 g/mol. The lowest BCUT2D eigenvalue weighted by Gasteiger charge is -2.29. The average Bonchev–Trinajstić information content (AvgIpc) is 2.53. The van der Waals surface area contributed by atoms with Crippen LogP contribution in [0.3, 0.4) is 0 Å². The van der Waals surface area contributed by atoms with E-state index in [4.69, 9.17) is 10.5 Å². The predicted octanol–water partition coefficient (Wildman–Crippen LogP) is 0.918. The maximum absolute atomic E-state index is 11.0. The Morgan fingerprint density at radius 1 is 1.33 bits per heavy atom.